The lowest BCUT2D eigenvalue weighted by atomic mass is 10.1. The third kappa shape index (κ3) is 3.21. The number of alkyl halides is 3. The SMILES string of the molecule is Cc1ccc2nc(C(F)(F)F)nc(N(C)CC(=O)O)c2c1. The minimum atomic E-state index is -4.70. The van der Waals surface area contributed by atoms with Crippen molar-refractivity contribution in [3.8, 4) is 0 Å². The highest BCUT2D eigenvalue weighted by Gasteiger charge is 2.36. The van der Waals surface area contributed by atoms with Crippen molar-refractivity contribution < 1.29 is 23.1 Å². The summed E-state index contributed by atoms with van der Waals surface area (Å²) >= 11 is 0. The largest absolute Gasteiger partial charge is 0.480 e. The molecule has 5 nitrogen and oxygen atoms in total. The average molecular weight is 299 g/mol. The van der Waals surface area contributed by atoms with E-state index in [0.717, 1.165) is 10.5 Å². The van der Waals surface area contributed by atoms with Crippen LogP contribution >= 0.6 is 0 Å². The molecule has 0 aliphatic heterocycles. The number of aryl methyl sites for hydroxylation is 1. The third-order valence-electron chi connectivity index (χ3n) is 2.82. The Balaban J connectivity index is 2.69. The molecule has 2 aromatic rings. The van der Waals surface area contributed by atoms with E-state index in [9.17, 15) is 18.0 Å². The second-order valence-electron chi connectivity index (χ2n) is 4.64. The number of aliphatic carboxylic acids is 1. The van der Waals surface area contributed by atoms with Crippen molar-refractivity contribution in [2.75, 3.05) is 18.5 Å². The number of rotatable bonds is 3. The van der Waals surface area contributed by atoms with Gasteiger partial charge in [-0.3, -0.25) is 4.79 Å². The second-order valence-corrected chi connectivity index (χ2v) is 4.64. The van der Waals surface area contributed by atoms with Gasteiger partial charge in [0.25, 0.3) is 0 Å². The van der Waals surface area contributed by atoms with Crippen molar-refractivity contribution in [2.45, 2.75) is 13.1 Å². The molecule has 112 valence electrons. The van der Waals surface area contributed by atoms with E-state index in [1.165, 1.54) is 13.1 Å². The molecule has 0 atom stereocenters. The number of likely N-dealkylation sites (N-methyl/N-ethyl adjacent to an activating group) is 1. The van der Waals surface area contributed by atoms with Crippen molar-refractivity contribution in [1.29, 1.82) is 0 Å². The van der Waals surface area contributed by atoms with Gasteiger partial charge in [0.05, 0.1) is 5.52 Å². The number of carboxylic acid groups (broad SMARTS) is 1. The van der Waals surface area contributed by atoms with Gasteiger partial charge in [0, 0.05) is 12.4 Å². The van der Waals surface area contributed by atoms with E-state index >= 15 is 0 Å². The summed E-state index contributed by atoms with van der Waals surface area (Å²) < 4.78 is 38.5. The molecular formula is C13H12F3N3O2. The summed E-state index contributed by atoms with van der Waals surface area (Å²) in [5.41, 5.74) is 0.936. The number of aromatic nitrogens is 2. The first-order chi connectivity index (χ1) is 9.68. The van der Waals surface area contributed by atoms with Gasteiger partial charge in [-0.25, -0.2) is 9.97 Å². The molecule has 0 spiro atoms. The van der Waals surface area contributed by atoms with Crippen LogP contribution in [0.3, 0.4) is 0 Å². The van der Waals surface area contributed by atoms with Crippen LogP contribution in [0.1, 0.15) is 11.4 Å². The Morgan fingerprint density at radius 2 is 2.00 bits per heavy atom. The van der Waals surface area contributed by atoms with Crippen LogP contribution in [-0.4, -0.2) is 34.6 Å². The second kappa shape index (κ2) is 5.19. The normalized spacial score (nSPS) is 11.7. The lowest BCUT2D eigenvalue weighted by molar-refractivity contribution is -0.144. The number of halogens is 3. The average Bonchev–Trinajstić information content (AvgIpc) is 2.35. The molecule has 0 amide bonds. The van der Waals surface area contributed by atoms with Crippen LogP contribution in [0.5, 0.6) is 0 Å². The summed E-state index contributed by atoms with van der Waals surface area (Å²) in [4.78, 5) is 18.9. The summed E-state index contributed by atoms with van der Waals surface area (Å²) in [7, 11) is 1.37. The minimum absolute atomic E-state index is 0.0570. The monoisotopic (exact) mass is 299 g/mol. The van der Waals surface area contributed by atoms with E-state index in [1.54, 1.807) is 19.1 Å². The van der Waals surface area contributed by atoms with E-state index in [1.807, 2.05) is 0 Å². The van der Waals surface area contributed by atoms with Crippen LogP contribution < -0.4 is 4.90 Å². The lowest BCUT2D eigenvalue weighted by Gasteiger charge is -2.19. The predicted octanol–water partition coefficient (Wildman–Crippen LogP) is 2.48. The van der Waals surface area contributed by atoms with Crippen LogP contribution in [0.2, 0.25) is 0 Å². The van der Waals surface area contributed by atoms with Gasteiger partial charge in [-0.1, -0.05) is 11.6 Å². The maximum absolute atomic E-state index is 12.8. The summed E-state index contributed by atoms with van der Waals surface area (Å²) in [6, 6.07) is 4.72. The Labute approximate surface area is 118 Å². The zero-order valence-electron chi connectivity index (χ0n) is 11.3. The highest BCUT2D eigenvalue weighted by Crippen LogP contribution is 2.31. The lowest BCUT2D eigenvalue weighted by Crippen LogP contribution is -2.27. The standard InChI is InChI=1S/C13H12F3N3O2/c1-7-3-4-9-8(5-7)11(19(2)6-10(20)21)18-12(17-9)13(14,15)16/h3-5H,6H2,1-2H3,(H,20,21). The number of hydrogen-bond acceptors (Lipinski definition) is 4. The number of hydrogen-bond donors (Lipinski definition) is 1. The number of carboxylic acids is 1. The van der Waals surface area contributed by atoms with Gasteiger partial charge in [0.2, 0.25) is 5.82 Å². The third-order valence-corrected chi connectivity index (χ3v) is 2.82. The molecule has 0 fully saturated rings. The molecule has 2 rings (SSSR count). The fraction of sp³-hybridized carbons (Fsp3) is 0.308. The summed E-state index contributed by atoms with van der Waals surface area (Å²) in [5, 5.41) is 9.18. The Hall–Kier alpha value is -2.38. The molecule has 0 aliphatic rings. The van der Waals surface area contributed by atoms with Crippen molar-refractivity contribution >= 4 is 22.7 Å². The van der Waals surface area contributed by atoms with Gasteiger partial charge in [-0.05, 0) is 19.1 Å². The highest BCUT2D eigenvalue weighted by atomic mass is 19.4. The predicted molar refractivity (Wildman–Crippen MR) is 70.2 cm³/mol. The molecule has 1 aromatic heterocycles. The molecule has 0 radical (unpaired) electrons. The quantitative estimate of drug-likeness (QED) is 0.943. The van der Waals surface area contributed by atoms with Crippen LogP contribution in [0.4, 0.5) is 19.0 Å². The zero-order valence-corrected chi connectivity index (χ0v) is 11.3. The number of carbonyl (C=O) groups is 1. The van der Waals surface area contributed by atoms with Gasteiger partial charge >= 0.3 is 12.1 Å². The van der Waals surface area contributed by atoms with Gasteiger partial charge in [-0.15, -0.1) is 0 Å². The van der Waals surface area contributed by atoms with Gasteiger partial charge in [-0.2, -0.15) is 13.2 Å². The topological polar surface area (TPSA) is 66.3 Å². The van der Waals surface area contributed by atoms with E-state index in [2.05, 4.69) is 9.97 Å². The molecule has 8 heteroatoms. The molecule has 1 aromatic carbocycles. The molecule has 1 heterocycles. The maximum Gasteiger partial charge on any atom is 0.451 e. The van der Waals surface area contributed by atoms with Gasteiger partial charge in [0.15, 0.2) is 0 Å². The summed E-state index contributed by atoms with van der Waals surface area (Å²) in [6.07, 6.45) is -4.70. The van der Waals surface area contributed by atoms with Crippen LogP contribution in [0, 0.1) is 6.92 Å². The molecule has 0 saturated heterocycles. The Morgan fingerprint density at radius 1 is 1.33 bits per heavy atom. The first-order valence-corrected chi connectivity index (χ1v) is 5.97. The molecule has 0 saturated carbocycles. The van der Waals surface area contributed by atoms with Gasteiger partial charge < -0.3 is 10.0 Å². The Kier molecular flexibility index (Phi) is 3.71. The first-order valence-electron chi connectivity index (χ1n) is 5.97. The van der Waals surface area contributed by atoms with Crippen LogP contribution in [0.25, 0.3) is 10.9 Å². The number of anilines is 1. The fourth-order valence-electron chi connectivity index (χ4n) is 1.92. The summed E-state index contributed by atoms with van der Waals surface area (Å²) in [5.74, 6) is -2.50. The first kappa shape index (κ1) is 15.0. The molecular weight excluding hydrogens is 287 g/mol. The molecule has 0 aliphatic carbocycles. The molecule has 0 unspecified atom stereocenters. The maximum atomic E-state index is 12.8. The van der Waals surface area contributed by atoms with E-state index < -0.39 is 24.5 Å². The smallest absolute Gasteiger partial charge is 0.451 e. The summed E-state index contributed by atoms with van der Waals surface area (Å²) in [6.45, 7) is 1.31. The Morgan fingerprint density at radius 3 is 2.57 bits per heavy atom. The number of fused-ring (bicyclic) bond motifs is 1. The van der Waals surface area contributed by atoms with Crippen LogP contribution in [0.15, 0.2) is 18.2 Å². The molecule has 0 bridgehead atoms. The van der Waals surface area contributed by atoms with Crippen molar-refractivity contribution in [1.82, 2.24) is 9.97 Å². The van der Waals surface area contributed by atoms with Crippen LogP contribution in [-0.2, 0) is 11.0 Å². The minimum Gasteiger partial charge on any atom is -0.480 e. The van der Waals surface area contributed by atoms with E-state index in [0.29, 0.717) is 5.39 Å². The number of nitrogens with zero attached hydrogens (tertiary/aromatic N) is 3. The van der Waals surface area contributed by atoms with E-state index in [4.69, 9.17) is 5.11 Å². The van der Waals surface area contributed by atoms with Crippen molar-refractivity contribution in [3.05, 3.63) is 29.6 Å². The van der Waals surface area contributed by atoms with Gasteiger partial charge in [0.1, 0.15) is 12.4 Å². The van der Waals surface area contributed by atoms with Crippen molar-refractivity contribution in [2.24, 2.45) is 0 Å². The molecule has 21 heavy (non-hydrogen) atoms. The fourth-order valence-corrected chi connectivity index (χ4v) is 1.92. The Bertz CT molecular complexity index is 701. The molecule has 1 N–H and O–H groups in total. The highest BCUT2D eigenvalue weighted by molar-refractivity contribution is 5.91. The van der Waals surface area contributed by atoms with E-state index in [-0.39, 0.29) is 11.3 Å². The van der Waals surface area contributed by atoms with Crippen molar-refractivity contribution in [3.63, 3.8) is 0 Å². The number of benzene rings is 1. The zero-order chi connectivity index (χ0) is 15.8.